The summed E-state index contributed by atoms with van der Waals surface area (Å²) in [6.07, 6.45) is 88.5. The number of allylic oxidation sites excluding steroid dienone is 2. The maximum absolute atomic E-state index is 12.5. The van der Waals surface area contributed by atoms with Crippen LogP contribution in [0, 0.1) is 0 Å². The van der Waals surface area contributed by atoms with Crippen LogP contribution in [-0.4, -0.2) is 47.4 Å². The van der Waals surface area contributed by atoms with Gasteiger partial charge in [0.05, 0.1) is 25.4 Å². The molecule has 2 unspecified atom stereocenters. The minimum absolute atomic E-state index is 0.0173. The summed E-state index contributed by atoms with van der Waals surface area (Å²) in [4.78, 5) is 24.6. The SMILES string of the molecule is CCCCCCCC/C=C\CCCCCCCCCC(=O)OCCCCCCCCCCCCCCCCCCCCCCCCCCCCCCCC(=O)NC(CO)C(O)CCCCCCCCCCCCCCCCCCCC. The molecule has 6 nitrogen and oxygen atoms in total. The van der Waals surface area contributed by atoms with E-state index in [2.05, 4.69) is 31.3 Å². The Morgan fingerprint density at radius 1 is 0.333 bits per heavy atom. The van der Waals surface area contributed by atoms with Crippen LogP contribution in [0.1, 0.15) is 431 Å². The van der Waals surface area contributed by atoms with E-state index in [1.54, 1.807) is 0 Å². The van der Waals surface area contributed by atoms with Crippen LogP contribution < -0.4 is 5.32 Å². The first-order valence-electron chi connectivity index (χ1n) is 37.4. The van der Waals surface area contributed by atoms with Gasteiger partial charge in [0.15, 0.2) is 0 Å². The van der Waals surface area contributed by atoms with Gasteiger partial charge in [0.25, 0.3) is 0 Å². The largest absolute Gasteiger partial charge is 0.466 e. The van der Waals surface area contributed by atoms with Crippen LogP contribution >= 0.6 is 0 Å². The summed E-state index contributed by atoms with van der Waals surface area (Å²) in [7, 11) is 0. The van der Waals surface area contributed by atoms with Crippen LogP contribution in [0.25, 0.3) is 0 Å². The summed E-state index contributed by atoms with van der Waals surface area (Å²) in [6, 6.07) is -0.539. The zero-order valence-electron chi connectivity index (χ0n) is 55.3. The van der Waals surface area contributed by atoms with Gasteiger partial charge in [-0.15, -0.1) is 0 Å². The molecule has 0 aliphatic rings. The van der Waals surface area contributed by atoms with E-state index in [-0.39, 0.29) is 18.5 Å². The summed E-state index contributed by atoms with van der Waals surface area (Å²) in [5.74, 6) is -0.00947. The highest BCUT2D eigenvalue weighted by atomic mass is 16.5. The Morgan fingerprint density at radius 3 is 0.877 bits per heavy atom. The molecule has 0 aliphatic heterocycles. The predicted molar refractivity (Wildman–Crippen MR) is 357 cm³/mol. The van der Waals surface area contributed by atoms with E-state index in [1.807, 2.05) is 0 Å². The summed E-state index contributed by atoms with van der Waals surface area (Å²) >= 11 is 0. The molecule has 0 bridgehead atoms. The minimum Gasteiger partial charge on any atom is -0.466 e. The predicted octanol–water partition coefficient (Wildman–Crippen LogP) is 24.3. The second-order valence-corrected chi connectivity index (χ2v) is 26.0. The Balaban J connectivity index is 3.32. The molecule has 81 heavy (non-hydrogen) atoms. The van der Waals surface area contributed by atoms with Crippen molar-refractivity contribution in [3.63, 3.8) is 0 Å². The van der Waals surface area contributed by atoms with Crippen molar-refractivity contribution in [3.05, 3.63) is 12.2 Å². The van der Waals surface area contributed by atoms with E-state index in [0.717, 1.165) is 44.9 Å². The van der Waals surface area contributed by atoms with Crippen molar-refractivity contribution in [1.82, 2.24) is 5.32 Å². The number of esters is 1. The molecule has 1 amide bonds. The molecular formula is C75H147NO5. The lowest BCUT2D eigenvalue weighted by Crippen LogP contribution is -2.45. The van der Waals surface area contributed by atoms with E-state index in [4.69, 9.17) is 4.74 Å². The molecule has 0 aliphatic carbocycles. The Bertz CT molecular complexity index is 1220. The number of ether oxygens (including phenoxy) is 1. The van der Waals surface area contributed by atoms with Crippen molar-refractivity contribution in [2.24, 2.45) is 0 Å². The van der Waals surface area contributed by atoms with Gasteiger partial charge in [-0.3, -0.25) is 9.59 Å². The second-order valence-electron chi connectivity index (χ2n) is 26.0. The molecule has 0 saturated heterocycles. The van der Waals surface area contributed by atoms with Gasteiger partial charge < -0.3 is 20.3 Å². The van der Waals surface area contributed by atoms with Crippen molar-refractivity contribution in [3.8, 4) is 0 Å². The normalized spacial score (nSPS) is 12.5. The van der Waals surface area contributed by atoms with Crippen LogP contribution in [-0.2, 0) is 14.3 Å². The van der Waals surface area contributed by atoms with Gasteiger partial charge in [-0.05, 0) is 51.4 Å². The topological polar surface area (TPSA) is 95.9 Å². The molecule has 0 rings (SSSR count). The van der Waals surface area contributed by atoms with Gasteiger partial charge in [0, 0.05) is 12.8 Å². The maximum Gasteiger partial charge on any atom is 0.305 e. The van der Waals surface area contributed by atoms with E-state index in [9.17, 15) is 19.8 Å². The number of carbonyl (C=O) groups excluding carboxylic acids is 2. The fourth-order valence-electron chi connectivity index (χ4n) is 12.1. The highest BCUT2D eigenvalue weighted by Gasteiger charge is 2.20. The molecule has 2 atom stereocenters. The molecular weight excluding hydrogens is 995 g/mol. The Labute approximate surface area is 508 Å². The summed E-state index contributed by atoms with van der Waals surface area (Å²) in [5, 5.41) is 23.4. The van der Waals surface area contributed by atoms with Gasteiger partial charge in [-0.25, -0.2) is 0 Å². The lowest BCUT2D eigenvalue weighted by atomic mass is 10.0. The maximum atomic E-state index is 12.5. The molecule has 3 N–H and O–H groups in total. The van der Waals surface area contributed by atoms with E-state index >= 15 is 0 Å². The van der Waals surface area contributed by atoms with Gasteiger partial charge in [0.1, 0.15) is 0 Å². The zero-order valence-corrected chi connectivity index (χ0v) is 55.3. The Hall–Kier alpha value is -1.40. The highest BCUT2D eigenvalue weighted by molar-refractivity contribution is 5.76. The molecule has 0 radical (unpaired) electrons. The molecule has 6 heteroatoms. The van der Waals surface area contributed by atoms with Crippen LogP contribution in [0.2, 0.25) is 0 Å². The molecule has 0 spiro atoms. The summed E-state index contributed by atoms with van der Waals surface area (Å²) in [6.45, 7) is 5.00. The molecule has 482 valence electrons. The van der Waals surface area contributed by atoms with E-state index < -0.39 is 12.1 Å². The third kappa shape index (κ3) is 67.6. The summed E-state index contributed by atoms with van der Waals surface area (Å²) in [5.41, 5.74) is 0. The monoisotopic (exact) mass is 1140 g/mol. The van der Waals surface area contributed by atoms with Crippen LogP contribution in [0.3, 0.4) is 0 Å². The first kappa shape index (κ1) is 79.6. The van der Waals surface area contributed by atoms with Gasteiger partial charge in [0.2, 0.25) is 5.91 Å². The molecule has 0 saturated carbocycles. The fourth-order valence-corrected chi connectivity index (χ4v) is 12.1. The average molecular weight is 1140 g/mol. The minimum atomic E-state index is -0.662. The first-order valence-corrected chi connectivity index (χ1v) is 37.4. The van der Waals surface area contributed by atoms with Gasteiger partial charge in [-0.1, -0.05) is 379 Å². The average Bonchev–Trinajstić information content (AvgIpc) is 3.47. The Kier molecular flexibility index (Phi) is 69.9. The second kappa shape index (κ2) is 71.1. The van der Waals surface area contributed by atoms with Crippen molar-refractivity contribution >= 4 is 11.9 Å². The number of carbonyl (C=O) groups is 2. The number of hydrogen-bond acceptors (Lipinski definition) is 5. The summed E-state index contributed by atoms with van der Waals surface area (Å²) < 4.78 is 5.51. The van der Waals surface area contributed by atoms with Crippen LogP contribution in [0.15, 0.2) is 12.2 Å². The van der Waals surface area contributed by atoms with Crippen molar-refractivity contribution in [1.29, 1.82) is 0 Å². The molecule has 0 fully saturated rings. The lowest BCUT2D eigenvalue weighted by Gasteiger charge is -2.22. The highest BCUT2D eigenvalue weighted by Crippen LogP contribution is 2.20. The number of aliphatic hydroxyl groups is 2. The smallest absolute Gasteiger partial charge is 0.305 e. The molecule has 0 aromatic rings. The number of amides is 1. The molecule has 0 heterocycles. The molecule has 0 aromatic carbocycles. The fraction of sp³-hybridized carbons (Fsp3) is 0.947. The van der Waals surface area contributed by atoms with Crippen LogP contribution in [0.4, 0.5) is 0 Å². The number of aliphatic hydroxyl groups excluding tert-OH is 2. The lowest BCUT2D eigenvalue weighted by molar-refractivity contribution is -0.143. The third-order valence-corrected chi connectivity index (χ3v) is 17.8. The van der Waals surface area contributed by atoms with Gasteiger partial charge in [-0.2, -0.15) is 0 Å². The third-order valence-electron chi connectivity index (χ3n) is 17.8. The quantitative estimate of drug-likeness (QED) is 0.0320. The zero-order chi connectivity index (χ0) is 58.5. The van der Waals surface area contributed by atoms with Crippen molar-refractivity contribution < 1.29 is 24.5 Å². The number of hydrogen-bond donors (Lipinski definition) is 3. The molecule has 0 aromatic heterocycles. The van der Waals surface area contributed by atoms with E-state index in [1.165, 1.54) is 353 Å². The number of unbranched alkanes of at least 4 members (excludes halogenated alkanes) is 58. The van der Waals surface area contributed by atoms with Gasteiger partial charge >= 0.3 is 5.97 Å². The number of nitrogens with one attached hydrogen (secondary N) is 1. The van der Waals surface area contributed by atoms with Crippen LogP contribution in [0.5, 0.6) is 0 Å². The van der Waals surface area contributed by atoms with E-state index in [0.29, 0.717) is 25.9 Å². The van der Waals surface area contributed by atoms with Crippen molar-refractivity contribution in [2.45, 2.75) is 443 Å². The Morgan fingerprint density at radius 2 is 0.580 bits per heavy atom. The first-order chi connectivity index (χ1) is 40.0. The standard InChI is InChI=1S/C75H147NO5/c1-3-5-7-9-11-13-15-17-19-21-36-39-43-47-51-55-59-63-67-73(78)72(71-77)76-74(79)68-64-60-56-52-48-44-40-37-33-31-29-27-25-23-22-24-26-28-30-32-34-38-42-46-50-54-58-62-66-70-81-75(80)69-65-61-57-53-49-45-41-35-20-18-16-14-12-10-8-6-4-2/h18,20,72-73,77-78H,3-17,19,21-71H2,1-2H3,(H,76,79)/b20-18-. The number of rotatable bonds is 71. The van der Waals surface area contributed by atoms with Crippen molar-refractivity contribution in [2.75, 3.05) is 13.2 Å².